The molecule has 0 bridgehead atoms. The minimum absolute atomic E-state index is 0.128. The van der Waals surface area contributed by atoms with Crippen molar-refractivity contribution >= 4 is 22.2 Å². The van der Waals surface area contributed by atoms with Gasteiger partial charge < -0.3 is 10.1 Å². The van der Waals surface area contributed by atoms with Crippen LogP contribution in [0.2, 0.25) is 0 Å². The number of hydrogen-bond acceptors (Lipinski definition) is 5. The van der Waals surface area contributed by atoms with Gasteiger partial charge in [0.05, 0.1) is 18.6 Å². The van der Waals surface area contributed by atoms with Gasteiger partial charge in [-0.25, -0.2) is 0 Å². The number of nitrogens with zero attached hydrogens (tertiary/aromatic N) is 2. The molecule has 26 heavy (non-hydrogen) atoms. The molecule has 1 aromatic carbocycles. The van der Waals surface area contributed by atoms with E-state index in [9.17, 15) is 10.1 Å². The van der Waals surface area contributed by atoms with Gasteiger partial charge in [-0.3, -0.25) is 9.69 Å². The molecule has 6 heteroatoms. The molecule has 3 rings (SSSR count). The SMILES string of the molecule is CC(C)N1CCc2c(sc(NC(=O)CCOc3ccccc3)c2C#N)C1. The first-order valence-electron chi connectivity index (χ1n) is 8.85. The molecule has 0 aliphatic carbocycles. The van der Waals surface area contributed by atoms with Crippen LogP contribution in [0.4, 0.5) is 5.00 Å². The van der Waals surface area contributed by atoms with Gasteiger partial charge in [-0.2, -0.15) is 5.26 Å². The topological polar surface area (TPSA) is 65.4 Å². The number of benzene rings is 1. The second-order valence-corrected chi connectivity index (χ2v) is 7.70. The highest BCUT2D eigenvalue weighted by molar-refractivity contribution is 7.16. The lowest BCUT2D eigenvalue weighted by Crippen LogP contribution is -2.35. The smallest absolute Gasteiger partial charge is 0.228 e. The Hall–Kier alpha value is -2.36. The molecular weight excluding hydrogens is 346 g/mol. The van der Waals surface area contributed by atoms with Crippen LogP contribution in [0, 0.1) is 11.3 Å². The molecule has 1 N–H and O–H groups in total. The number of ether oxygens (including phenoxy) is 1. The summed E-state index contributed by atoms with van der Waals surface area (Å²) in [6, 6.07) is 12.2. The normalized spacial score (nSPS) is 13.9. The van der Waals surface area contributed by atoms with E-state index in [0.29, 0.717) is 23.2 Å². The van der Waals surface area contributed by atoms with Gasteiger partial charge in [-0.05, 0) is 38.0 Å². The monoisotopic (exact) mass is 369 g/mol. The van der Waals surface area contributed by atoms with Crippen molar-refractivity contribution < 1.29 is 9.53 Å². The lowest BCUT2D eigenvalue weighted by atomic mass is 10.0. The van der Waals surface area contributed by atoms with Gasteiger partial charge >= 0.3 is 0 Å². The number of thiophene rings is 1. The summed E-state index contributed by atoms with van der Waals surface area (Å²) in [5.41, 5.74) is 1.73. The summed E-state index contributed by atoms with van der Waals surface area (Å²) in [7, 11) is 0. The molecule has 136 valence electrons. The summed E-state index contributed by atoms with van der Waals surface area (Å²) in [5.74, 6) is 0.620. The van der Waals surface area contributed by atoms with Crippen molar-refractivity contribution in [2.45, 2.75) is 39.3 Å². The molecule has 1 amide bonds. The van der Waals surface area contributed by atoms with E-state index in [4.69, 9.17) is 4.74 Å². The maximum Gasteiger partial charge on any atom is 0.228 e. The van der Waals surface area contributed by atoms with Crippen LogP contribution in [-0.4, -0.2) is 30.0 Å². The molecule has 5 nitrogen and oxygen atoms in total. The number of nitrogens with one attached hydrogen (secondary N) is 1. The second-order valence-electron chi connectivity index (χ2n) is 6.59. The van der Waals surface area contributed by atoms with Crippen LogP contribution in [0.5, 0.6) is 5.75 Å². The molecular formula is C20H23N3O2S. The van der Waals surface area contributed by atoms with Crippen LogP contribution in [-0.2, 0) is 17.8 Å². The Kier molecular flexibility index (Phi) is 5.92. The Morgan fingerprint density at radius 2 is 2.15 bits per heavy atom. The maximum absolute atomic E-state index is 12.3. The molecule has 2 aromatic rings. The second kappa shape index (κ2) is 8.35. The highest BCUT2D eigenvalue weighted by Gasteiger charge is 2.26. The first-order chi connectivity index (χ1) is 12.6. The molecule has 2 heterocycles. The fraction of sp³-hybridized carbons (Fsp3) is 0.400. The van der Waals surface area contributed by atoms with E-state index in [1.165, 1.54) is 16.2 Å². The highest BCUT2D eigenvalue weighted by atomic mass is 32.1. The minimum atomic E-state index is -0.128. The Balaban J connectivity index is 1.61. The fourth-order valence-electron chi connectivity index (χ4n) is 3.04. The van der Waals surface area contributed by atoms with E-state index in [1.54, 1.807) is 0 Å². The zero-order chi connectivity index (χ0) is 18.5. The van der Waals surface area contributed by atoms with Crippen molar-refractivity contribution in [2.24, 2.45) is 0 Å². The van der Waals surface area contributed by atoms with Crippen molar-refractivity contribution in [2.75, 3.05) is 18.5 Å². The number of fused-ring (bicyclic) bond motifs is 1. The number of hydrogen-bond donors (Lipinski definition) is 1. The average molecular weight is 369 g/mol. The average Bonchev–Trinajstić information content (AvgIpc) is 2.98. The standard InChI is InChI=1S/C20H23N3O2S/c1-14(2)23-10-8-16-17(12-21)20(26-18(16)13-23)22-19(24)9-11-25-15-6-4-3-5-7-15/h3-7,14H,8-11,13H2,1-2H3,(H,22,24). The lowest BCUT2D eigenvalue weighted by Gasteiger charge is -2.30. The summed E-state index contributed by atoms with van der Waals surface area (Å²) in [5, 5.41) is 13.1. The van der Waals surface area contributed by atoms with E-state index in [2.05, 4.69) is 30.1 Å². The molecule has 0 atom stereocenters. The van der Waals surface area contributed by atoms with E-state index in [1.807, 2.05) is 30.3 Å². The molecule has 1 aromatic heterocycles. The fourth-order valence-corrected chi connectivity index (χ4v) is 4.28. The van der Waals surface area contributed by atoms with Crippen LogP contribution in [0.25, 0.3) is 0 Å². The van der Waals surface area contributed by atoms with Crippen molar-refractivity contribution in [3.05, 3.63) is 46.3 Å². The van der Waals surface area contributed by atoms with E-state index in [0.717, 1.165) is 30.8 Å². The number of para-hydroxylation sites is 1. The first kappa shape index (κ1) is 18.4. The molecule has 0 saturated carbocycles. The van der Waals surface area contributed by atoms with Crippen molar-refractivity contribution in [1.82, 2.24) is 4.90 Å². The third-order valence-electron chi connectivity index (χ3n) is 4.52. The molecule has 0 unspecified atom stereocenters. The van der Waals surface area contributed by atoms with Crippen molar-refractivity contribution in [3.63, 3.8) is 0 Å². The summed E-state index contributed by atoms with van der Waals surface area (Å²) in [6.45, 7) is 6.47. The van der Waals surface area contributed by atoms with Gasteiger partial charge in [0.15, 0.2) is 0 Å². The van der Waals surface area contributed by atoms with Crippen molar-refractivity contribution in [3.8, 4) is 11.8 Å². The predicted molar refractivity (Wildman–Crippen MR) is 103 cm³/mol. The number of anilines is 1. The quantitative estimate of drug-likeness (QED) is 0.841. The van der Waals surface area contributed by atoms with Crippen LogP contribution in [0.1, 0.15) is 36.3 Å². The van der Waals surface area contributed by atoms with Gasteiger partial charge in [0, 0.05) is 24.0 Å². The number of carbonyl (C=O) groups excluding carboxylic acids is 1. The molecule has 0 radical (unpaired) electrons. The largest absolute Gasteiger partial charge is 0.493 e. The Labute approximate surface area is 158 Å². The third kappa shape index (κ3) is 4.24. The molecule has 1 aliphatic heterocycles. The summed E-state index contributed by atoms with van der Waals surface area (Å²) in [6.07, 6.45) is 1.11. The molecule has 0 spiro atoms. The highest BCUT2D eigenvalue weighted by Crippen LogP contribution is 2.37. The van der Waals surface area contributed by atoms with Crippen molar-refractivity contribution in [1.29, 1.82) is 5.26 Å². The number of nitriles is 1. The van der Waals surface area contributed by atoms with Crippen LogP contribution in [0.15, 0.2) is 30.3 Å². The van der Waals surface area contributed by atoms with Gasteiger partial charge in [0.1, 0.15) is 16.8 Å². The molecule has 0 fully saturated rings. The van der Waals surface area contributed by atoms with E-state index < -0.39 is 0 Å². The Morgan fingerprint density at radius 3 is 2.85 bits per heavy atom. The van der Waals surface area contributed by atoms with Gasteiger partial charge in [-0.15, -0.1) is 11.3 Å². The number of rotatable bonds is 6. The zero-order valence-corrected chi connectivity index (χ0v) is 15.9. The van der Waals surface area contributed by atoms with Crippen LogP contribution in [0.3, 0.4) is 0 Å². The molecule has 0 saturated heterocycles. The number of amides is 1. The maximum atomic E-state index is 12.3. The lowest BCUT2D eigenvalue weighted by molar-refractivity contribution is -0.116. The van der Waals surface area contributed by atoms with E-state index >= 15 is 0 Å². The molecule has 1 aliphatic rings. The Bertz CT molecular complexity index is 808. The van der Waals surface area contributed by atoms with E-state index in [-0.39, 0.29) is 12.3 Å². The van der Waals surface area contributed by atoms with Gasteiger partial charge in [-0.1, -0.05) is 18.2 Å². The van der Waals surface area contributed by atoms with Gasteiger partial charge in [0.25, 0.3) is 0 Å². The third-order valence-corrected chi connectivity index (χ3v) is 5.65. The van der Waals surface area contributed by atoms with Crippen LogP contribution >= 0.6 is 11.3 Å². The van der Waals surface area contributed by atoms with Gasteiger partial charge in [0.2, 0.25) is 5.91 Å². The van der Waals surface area contributed by atoms with Crippen LogP contribution < -0.4 is 10.1 Å². The first-order valence-corrected chi connectivity index (χ1v) is 9.66. The summed E-state index contributed by atoms with van der Waals surface area (Å²) in [4.78, 5) is 15.8. The Morgan fingerprint density at radius 1 is 1.38 bits per heavy atom. The minimum Gasteiger partial charge on any atom is -0.493 e. The predicted octanol–water partition coefficient (Wildman–Crippen LogP) is 3.79. The summed E-state index contributed by atoms with van der Waals surface area (Å²) >= 11 is 1.53. The summed E-state index contributed by atoms with van der Waals surface area (Å²) < 4.78 is 5.56. The number of carbonyl (C=O) groups is 1. The zero-order valence-electron chi connectivity index (χ0n) is 15.1.